The molecule has 0 aromatic carbocycles. The van der Waals surface area contributed by atoms with E-state index in [9.17, 15) is 4.79 Å². The molecule has 0 aliphatic rings. The van der Waals surface area contributed by atoms with Crippen LogP contribution in [0.4, 0.5) is 0 Å². The minimum Gasteiger partial charge on any atom is -0.478 e. The summed E-state index contributed by atoms with van der Waals surface area (Å²) < 4.78 is 5.24. The van der Waals surface area contributed by atoms with Crippen molar-refractivity contribution in [2.24, 2.45) is 5.92 Å². The molecule has 0 aromatic rings. The molecule has 0 radical (unpaired) electrons. The first-order valence-electron chi connectivity index (χ1n) is 4.58. The second-order valence-electron chi connectivity index (χ2n) is 3.32. The number of carbonyl (C=O) groups is 1. The fourth-order valence-electron chi connectivity index (χ4n) is 0.846. The number of carboxylic acids is 1. The van der Waals surface area contributed by atoms with Crippen LogP contribution >= 0.6 is 0 Å². The number of ether oxygens (including phenoxy) is 1. The molecular formula is C10H18O3. The summed E-state index contributed by atoms with van der Waals surface area (Å²) in [6, 6.07) is 0. The van der Waals surface area contributed by atoms with Crippen molar-refractivity contribution in [2.75, 3.05) is 13.2 Å². The molecule has 3 heteroatoms. The van der Waals surface area contributed by atoms with Gasteiger partial charge >= 0.3 is 5.97 Å². The molecule has 0 bridgehead atoms. The van der Waals surface area contributed by atoms with E-state index in [-0.39, 0.29) is 0 Å². The van der Waals surface area contributed by atoms with Crippen LogP contribution in [0.25, 0.3) is 0 Å². The molecule has 13 heavy (non-hydrogen) atoms. The van der Waals surface area contributed by atoms with Gasteiger partial charge in [-0.25, -0.2) is 4.79 Å². The van der Waals surface area contributed by atoms with Crippen LogP contribution in [0.1, 0.15) is 27.2 Å². The molecule has 0 fully saturated rings. The number of carboxylic acid groups (broad SMARTS) is 1. The van der Waals surface area contributed by atoms with Crippen LogP contribution in [0.3, 0.4) is 0 Å². The predicted molar refractivity (Wildman–Crippen MR) is 51.7 cm³/mol. The Kier molecular flexibility index (Phi) is 6.24. The molecule has 0 aliphatic carbocycles. The summed E-state index contributed by atoms with van der Waals surface area (Å²) in [5, 5.41) is 8.66. The van der Waals surface area contributed by atoms with Gasteiger partial charge in [-0.05, 0) is 18.4 Å². The lowest BCUT2D eigenvalue weighted by Gasteiger charge is -2.04. The highest BCUT2D eigenvalue weighted by molar-refractivity contribution is 5.86. The standard InChI is InChI=1S/C10H18O3/c1-4-9(10(11)12)5-6-13-7-8(2)3/h5,8H,4,6-7H2,1-3H3,(H,11,12). The van der Waals surface area contributed by atoms with Gasteiger partial charge in [0, 0.05) is 12.2 Å². The normalized spacial score (nSPS) is 12.2. The Morgan fingerprint density at radius 2 is 2.15 bits per heavy atom. The van der Waals surface area contributed by atoms with Crippen molar-refractivity contribution < 1.29 is 14.6 Å². The van der Waals surface area contributed by atoms with Gasteiger partial charge in [0.1, 0.15) is 0 Å². The summed E-state index contributed by atoms with van der Waals surface area (Å²) in [6.07, 6.45) is 2.17. The molecule has 0 atom stereocenters. The predicted octanol–water partition coefficient (Wildman–Crippen LogP) is 2.08. The first kappa shape index (κ1) is 12.2. The van der Waals surface area contributed by atoms with E-state index in [1.165, 1.54) is 0 Å². The number of rotatable bonds is 6. The minimum atomic E-state index is -0.851. The molecule has 0 rings (SSSR count). The summed E-state index contributed by atoms with van der Waals surface area (Å²) in [7, 11) is 0. The molecule has 0 heterocycles. The lowest BCUT2D eigenvalue weighted by Crippen LogP contribution is -2.04. The maximum absolute atomic E-state index is 10.5. The van der Waals surface area contributed by atoms with Crippen molar-refractivity contribution in [1.29, 1.82) is 0 Å². The van der Waals surface area contributed by atoms with Crippen molar-refractivity contribution in [3.05, 3.63) is 11.6 Å². The first-order chi connectivity index (χ1) is 6.07. The van der Waals surface area contributed by atoms with Crippen molar-refractivity contribution in [2.45, 2.75) is 27.2 Å². The van der Waals surface area contributed by atoms with Gasteiger partial charge in [0.2, 0.25) is 0 Å². The highest BCUT2D eigenvalue weighted by Crippen LogP contribution is 2.00. The van der Waals surface area contributed by atoms with E-state index in [1.807, 2.05) is 6.92 Å². The second-order valence-corrected chi connectivity index (χ2v) is 3.32. The molecule has 0 aromatic heterocycles. The van der Waals surface area contributed by atoms with E-state index >= 15 is 0 Å². The summed E-state index contributed by atoms with van der Waals surface area (Å²) in [5.74, 6) is -0.362. The third-order valence-corrected chi connectivity index (χ3v) is 1.55. The molecular weight excluding hydrogens is 168 g/mol. The Bertz CT molecular complexity index is 183. The Morgan fingerprint density at radius 3 is 2.54 bits per heavy atom. The number of aliphatic carboxylic acids is 1. The lowest BCUT2D eigenvalue weighted by molar-refractivity contribution is -0.132. The van der Waals surface area contributed by atoms with Crippen molar-refractivity contribution >= 4 is 5.97 Å². The fraction of sp³-hybridized carbons (Fsp3) is 0.700. The molecule has 0 amide bonds. The summed E-state index contributed by atoms with van der Waals surface area (Å²) in [4.78, 5) is 10.5. The van der Waals surface area contributed by atoms with Crippen LogP contribution in [0.5, 0.6) is 0 Å². The highest BCUT2D eigenvalue weighted by atomic mass is 16.5. The smallest absolute Gasteiger partial charge is 0.331 e. The van der Waals surface area contributed by atoms with Crippen LogP contribution in [-0.4, -0.2) is 24.3 Å². The van der Waals surface area contributed by atoms with Crippen molar-refractivity contribution in [3.8, 4) is 0 Å². The van der Waals surface area contributed by atoms with Crippen molar-refractivity contribution in [3.63, 3.8) is 0 Å². The van der Waals surface area contributed by atoms with Crippen LogP contribution in [0, 0.1) is 5.92 Å². The third-order valence-electron chi connectivity index (χ3n) is 1.55. The van der Waals surface area contributed by atoms with Gasteiger partial charge in [-0.3, -0.25) is 0 Å². The molecule has 0 spiro atoms. The largest absolute Gasteiger partial charge is 0.478 e. The van der Waals surface area contributed by atoms with E-state index < -0.39 is 5.97 Å². The average Bonchev–Trinajstić information content (AvgIpc) is 2.03. The average molecular weight is 186 g/mol. The van der Waals surface area contributed by atoms with Gasteiger partial charge in [-0.2, -0.15) is 0 Å². The van der Waals surface area contributed by atoms with Gasteiger partial charge in [0.25, 0.3) is 0 Å². The van der Waals surface area contributed by atoms with Crippen LogP contribution in [-0.2, 0) is 9.53 Å². The third kappa shape index (κ3) is 6.34. The van der Waals surface area contributed by atoms with Crippen LogP contribution < -0.4 is 0 Å². The summed E-state index contributed by atoms with van der Waals surface area (Å²) >= 11 is 0. The SMILES string of the molecule is CCC(=CCOCC(C)C)C(=O)O. The fourth-order valence-corrected chi connectivity index (χ4v) is 0.846. The van der Waals surface area contributed by atoms with Crippen LogP contribution in [0.15, 0.2) is 11.6 Å². The minimum absolute atomic E-state index is 0.396. The molecule has 0 saturated carbocycles. The van der Waals surface area contributed by atoms with Crippen LogP contribution in [0.2, 0.25) is 0 Å². The first-order valence-corrected chi connectivity index (χ1v) is 4.58. The molecule has 76 valence electrons. The highest BCUT2D eigenvalue weighted by Gasteiger charge is 2.02. The zero-order valence-electron chi connectivity index (χ0n) is 8.54. The molecule has 0 unspecified atom stereocenters. The van der Waals surface area contributed by atoms with Gasteiger partial charge in [0.15, 0.2) is 0 Å². The topological polar surface area (TPSA) is 46.5 Å². The summed E-state index contributed by atoms with van der Waals surface area (Å²) in [6.45, 7) is 7.01. The van der Waals surface area contributed by atoms with Gasteiger partial charge in [-0.15, -0.1) is 0 Å². The van der Waals surface area contributed by atoms with E-state index in [0.29, 0.717) is 31.1 Å². The van der Waals surface area contributed by atoms with Gasteiger partial charge < -0.3 is 9.84 Å². The molecule has 0 saturated heterocycles. The zero-order chi connectivity index (χ0) is 10.3. The second kappa shape index (κ2) is 6.66. The van der Waals surface area contributed by atoms with Gasteiger partial charge in [0.05, 0.1) is 6.61 Å². The van der Waals surface area contributed by atoms with Crippen molar-refractivity contribution in [1.82, 2.24) is 0 Å². The quantitative estimate of drug-likeness (QED) is 0.510. The lowest BCUT2D eigenvalue weighted by atomic mass is 10.2. The van der Waals surface area contributed by atoms with E-state index in [1.54, 1.807) is 6.08 Å². The molecule has 0 aliphatic heterocycles. The number of hydrogen-bond donors (Lipinski definition) is 1. The molecule has 3 nitrogen and oxygen atoms in total. The molecule has 1 N–H and O–H groups in total. The zero-order valence-corrected chi connectivity index (χ0v) is 8.54. The van der Waals surface area contributed by atoms with E-state index in [2.05, 4.69) is 13.8 Å². The van der Waals surface area contributed by atoms with E-state index in [0.717, 1.165) is 0 Å². The Labute approximate surface area is 79.4 Å². The van der Waals surface area contributed by atoms with E-state index in [4.69, 9.17) is 9.84 Å². The monoisotopic (exact) mass is 186 g/mol. The maximum atomic E-state index is 10.5. The maximum Gasteiger partial charge on any atom is 0.331 e. The Balaban J connectivity index is 3.74. The summed E-state index contributed by atoms with van der Waals surface area (Å²) in [5.41, 5.74) is 0.420. The van der Waals surface area contributed by atoms with Gasteiger partial charge in [-0.1, -0.05) is 20.8 Å². The number of hydrogen-bond acceptors (Lipinski definition) is 2. The Hall–Kier alpha value is -0.830. The Morgan fingerprint density at radius 1 is 1.54 bits per heavy atom.